The van der Waals surface area contributed by atoms with Crippen LogP contribution in [0.1, 0.15) is 42.9 Å². The highest BCUT2D eigenvalue weighted by atomic mass is 16.5. The highest BCUT2D eigenvalue weighted by Crippen LogP contribution is 2.37. The third-order valence-corrected chi connectivity index (χ3v) is 4.91. The van der Waals surface area contributed by atoms with E-state index in [-0.39, 0.29) is 17.4 Å². The second kappa shape index (κ2) is 7.93. The number of nitrogens with one attached hydrogen (secondary N) is 1. The molecule has 1 N–H and O–H groups in total. The largest absolute Gasteiger partial charge is 0.384 e. The van der Waals surface area contributed by atoms with E-state index in [9.17, 15) is 4.79 Å². The van der Waals surface area contributed by atoms with Gasteiger partial charge in [-0.15, -0.1) is 0 Å². The molecule has 1 aliphatic carbocycles. The lowest BCUT2D eigenvalue weighted by atomic mass is 9.87. The van der Waals surface area contributed by atoms with Crippen molar-refractivity contribution in [3.63, 3.8) is 0 Å². The van der Waals surface area contributed by atoms with E-state index in [1.54, 1.807) is 7.11 Å². The monoisotopic (exact) mass is 318 g/mol. The van der Waals surface area contributed by atoms with Crippen molar-refractivity contribution in [3.05, 3.63) is 35.4 Å². The normalized spacial score (nSPS) is 18.1. The van der Waals surface area contributed by atoms with Gasteiger partial charge in [-0.1, -0.05) is 42.7 Å². The fourth-order valence-corrected chi connectivity index (χ4v) is 3.61. The Hall–Kier alpha value is -1.39. The van der Waals surface area contributed by atoms with E-state index in [0.29, 0.717) is 6.54 Å². The molecular weight excluding hydrogens is 288 g/mol. The number of methoxy groups -OCH3 is 1. The summed E-state index contributed by atoms with van der Waals surface area (Å²) in [7, 11) is 5.64. The van der Waals surface area contributed by atoms with Crippen molar-refractivity contribution < 1.29 is 9.53 Å². The van der Waals surface area contributed by atoms with Crippen LogP contribution in [-0.4, -0.2) is 45.2 Å². The van der Waals surface area contributed by atoms with Crippen molar-refractivity contribution in [2.45, 2.75) is 38.6 Å². The lowest BCUT2D eigenvalue weighted by molar-refractivity contribution is -0.126. The molecule has 0 heterocycles. The zero-order valence-electron chi connectivity index (χ0n) is 14.9. The van der Waals surface area contributed by atoms with E-state index in [2.05, 4.69) is 24.4 Å². The molecule has 0 aliphatic heterocycles. The van der Waals surface area contributed by atoms with E-state index in [1.807, 2.05) is 31.1 Å². The van der Waals surface area contributed by atoms with Crippen molar-refractivity contribution in [1.82, 2.24) is 10.2 Å². The molecule has 1 aromatic rings. The molecule has 128 valence electrons. The maximum Gasteiger partial charge on any atom is 0.241 e. The Kier molecular flexibility index (Phi) is 6.19. The molecule has 2 rings (SSSR count). The highest BCUT2D eigenvalue weighted by Gasteiger charge is 2.35. The van der Waals surface area contributed by atoms with Gasteiger partial charge in [-0.25, -0.2) is 0 Å². The van der Waals surface area contributed by atoms with Gasteiger partial charge in [0.25, 0.3) is 0 Å². The van der Waals surface area contributed by atoms with Gasteiger partial charge in [-0.05, 0) is 39.4 Å². The van der Waals surface area contributed by atoms with Gasteiger partial charge in [-0.3, -0.25) is 9.69 Å². The van der Waals surface area contributed by atoms with Crippen LogP contribution in [0.25, 0.3) is 0 Å². The first-order valence-corrected chi connectivity index (χ1v) is 8.47. The van der Waals surface area contributed by atoms with Gasteiger partial charge in [0.1, 0.15) is 6.04 Å². The summed E-state index contributed by atoms with van der Waals surface area (Å²) in [5.74, 6) is 0.0706. The summed E-state index contributed by atoms with van der Waals surface area (Å²) in [6, 6.07) is 7.95. The number of hydrogen-bond donors (Lipinski definition) is 1. The Morgan fingerprint density at radius 1 is 1.26 bits per heavy atom. The molecule has 0 saturated heterocycles. The molecule has 0 aromatic heterocycles. The zero-order chi connectivity index (χ0) is 16.9. The van der Waals surface area contributed by atoms with Gasteiger partial charge >= 0.3 is 0 Å². The number of aryl methyl sites for hydroxylation is 1. The second-order valence-electron chi connectivity index (χ2n) is 7.13. The predicted molar refractivity (Wildman–Crippen MR) is 93.4 cm³/mol. The van der Waals surface area contributed by atoms with Gasteiger partial charge in [0.15, 0.2) is 0 Å². The number of likely N-dealkylation sites (N-methyl/N-ethyl adjacent to an activating group) is 1. The summed E-state index contributed by atoms with van der Waals surface area (Å²) in [5.41, 5.74) is 2.36. The number of carbonyl (C=O) groups excluding carboxylic acids is 1. The predicted octanol–water partition coefficient (Wildman–Crippen LogP) is 2.92. The Morgan fingerprint density at radius 2 is 1.87 bits per heavy atom. The summed E-state index contributed by atoms with van der Waals surface area (Å²) >= 11 is 0. The third-order valence-electron chi connectivity index (χ3n) is 4.91. The molecule has 1 aromatic carbocycles. The minimum Gasteiger partial charge on any atom is -0.384 e. The van der Waals surface area contributed by atoms with Gasteiger partial charge < -0.3 is 10.1 Å². The molecule has 0 radical (unpaired) electrons. The maximum atomic E-state index is 12.8. The van der Waals surface area contributed by atoms with Gasteiger partial charge in [-0.2, -0.15) is 0 Å². The van der Waals surface area contributed by atoms with E-state index >= 15 is 0 Å². The lowest BCUT2D eigenvalue weighted by Crippen LogP contribution is -2.43. The van der Waals surface area contributed by atoms with Crippen LogP contribution >= 0.6 is 0 Å². The number of nitrogens with zero attached hydrogens (tertiary/aromatic N) is 1. The van der Waals surface area contributed by atoms with Crippen molar-refractivity contribution in [1.29, 1.82) is 0 Å². The average molecular weight is 318 g/mol. The number of amides is 1. The first-order valence-electron chi connectivity index (χ1n) is 8.47. The first-order chi connectivity index (χ1) is 11.0. The molecule has 1 amide bonds. The summed E-state index contributed by atoms with van der Waals surface area (Å²) < 4.78 is 5.41. The Morgan fingerprint density at radius 3 is 2.39 bits per heavy atom. The summed E-state index contributed by atoms with van der Waals surface area (Å²) in [5, 5.41) is 3.18. The smallest absolute Gasteiger partial charge is 0.241 e. The van der Waals surface area contributed by atoms with Gasteiger partial charge in [0, 0.05) is 19.1 Å². The second-order valence-corrected chi connectivity index (χ2v) is 7.13. The maximum absolute atomic E-state index is 12.8. The van der Waals surface area contributed by atoms with Crippen LogP contribution < -0.4 is 5.32 Å². The SMILES string of the molecule is COCC1(CNC(=O)C(c2ccc(C)cc2)N(C)C)CCCC1. The van der Waals surface area contributed by atoms with Crippen LogP contribution in [0.5, 0.6) is 0 Å². The van der Waals surface area contributed by atoms with Crippen LogP contribution in [0.2, 0.25) is 0 Å². The van der Waals surface area contributed by atoms with Crippen LogP contribution in [0.4, 0.5) is 0 Å². The van der Waals surface area contributed by atoms with Crippen LogP contribution in [0.15, 0.2) is 24.3 Å². The molecule has 1 fully saturated rings. The minimum absolute atomic E-state index is 0.0706. The number of carbonyl (C=O) groups is 1. The first kappa shape index (κ1) is 18.0. The fourth-order valence-electron chi connectivity index (χ4n) is 3.61. The van der Waals surface area contributed by atoms with Gasteiger partial charge in [0.2, 0.25) is 5.91 Å². The molecule has 0 bridgehead atoms. The molecular formula is C19H30N2O2. The number of hydrogen-bond acceptors (Lipinski definition) is 3. The number of rotatable bonds is 7. The van der Waals surface area contributed by atoms with Gasteiger partial charge in [0.05, 0.1) is 6.61 Å². The van der Waals surface area contributed by atoms with E-state index in [1.165, 1.54) is 18.4 Å². The third kappa shape index (κ3) is 4.55. The van der Waals surface area contributed by atoms with E-state index in [0.717, 1.165) is 25.0 Å². The molecule has 1 aliphatic rings. The van der Waals surface area contributed by atoms with Crippen molar-refractivity contribution >= 4 is 5.91 Å². The topological polar surface area (TPSA) is 41.6 Å². The Balaban J connectivity index is 2.05. The van der Waals surface area contributed by atoms with Crippen molar-refractivity contribution in [3.8, 4) is 0 Å². The zero-order valence-corrected chi connectivity index (χ0v) is 14.9. The molecule has 4 nitrogen and oxygen atoms in total. The lowest BCUT2D eigenvalue weighted by Gasteiger charge is -2.30. The van der Waals surface area contributed by atoms with Crippen LogP contribution in [-0.2, 0) is 9.53 Å². The molecule has 1 unspecified atom stereocenters. The number of ether oxygens (including phenoxy) is 1. The summed E-state index contributed by atoms with van der Waals surface area (Å²) in [6.45, 7) is 3.49. The molecule has 0 spiro atoms. The van der Waals surface area contributed by atoms with Crippen LogP contribution in [0.3, 0.4) is 0 Å². The van der Waals surface area contributed by atoms with Crippen molar-refractivity contribution in [2.75, 3.05) is 34.4 Å². The van der Waals surface area contributed by atoms with E-state index in [4.69, 9.17) is 4.74 Å². The molecule has 1 atom stereocenters. The highest BCUT2D eigenvalue weighted by molar-refractivity contribution is 5.83. The Labute approximate surface area is 140 Å². The van der Waals surface area contributed by atoms with Crippen LogP contribution in [0, 0.1) is 12.3 Å². The summed E-state index contributed by atoms with van der Waals surface area (Å²) in [4.78, 5) is 14.7. The Bertz CT molecular complexity index is 505. The minimum atomic E-state index is -0.253. The number of benzene rings is 1. The molecule has 1 saturated carbocycles. The molecule has 23 heavy (non-hydrogen) atoms. The standard InChI is InChI=1S/C19H30N2O2/c1-15-7-9-16(10-8-15)17(21(2)3)18(22)20-13-19(14-23-4)11-5-6-12-19/h7-10,17H,5-6,11-14H2,1-4H3,(H,20,22). The van der Waals surface area contributed by atoms with E-state index < -0.39 is 0 Å². The average Bonchev–Trinajstić information content (AvgIpc) is 2.96. The molecule has 4 heteroatoms. The summed E-state index contributed by atoms with van der Waals surface area (Å²) in [6.07, 6.45) is 4.74. The fraction of sp³-hybridized carbons (Fsp3) is 0.632. The van der Waals surface area contributed by atoms with Crippen molar-refractivity contribution in [2.24, 2.45) is 5.41 Å². The quantitative estimate of drug-likeness (QED) is 0.840.